The third-order valence-corrected chi connectivity index (χ3v) is 4.00. The highest BCUT2D eigenvalue weighted by Gasteiger charge is 2.56. The van der Waals surface area contributed by atoms with E-state index < -0.39 is 0 Å². The van der Waals surface area contributed by atoms with Crippen molar-refractivity contribution >= 4 is 11.6 Å². The van der Waals surface area contributed by atoms with Crippen LogP contribution in [-0.4, -0.2) is 12.8 Å². The molecule has 3 rings (SSSR count). The summed E-state index contributed by atoms with van der Waals surface area (Å²) in [6.45, 7) is 4.58. The van der Waals surface area contributed by atoms with E-state index in [-0.39, 0.29) is 18.2 Å². The molecule has 1 fully saturated rings. The topological polar surface area (TPSA) is 44.5 Å². The van der Waals surface area contributed by atoms with Gasteiger partial charge in [0.25, 0.3) is 0 Å². The Kier molecular flexibility index (Phi) is 1.95. The maximum atomic E-state index is 6.14. The van der Waals surface area contributed by atoms with Gasteiger partial charge in [-0.2, -0.15) is 0 Å². The largest absolute Gasteiger partial charge is 0.454 e. The van der Waals surface area contributed by atoms with E-state index in [0.717, 1.165) is 11.3 Å². The van der Waals surface area contributed by atoms with Gasteiger partial charge in [0.2, 0.25) is 6.79 Å². The van der Waals surface area contributed by atoms with Crippen LogP contribution in [0.25, 0.3) is 0 Å². The average molecular weight is 240 g/mol. The molecular weight excluding hydrogens is 226 g/mol. The molecule has 1 aromatic carbocycles. The summed E-state index contributed by atoms with van der Waals surface area (Å²) in [5.74, 6) is 1.74. The number of benzene rings is 1. The van der Waals surface area contributed by atoms with Gasteiger partial charge in [-0.05, 0) is 23.1 Å². The Balaban J connectivity index is 2.02. The van der Waals surface area contributed by atoms with Gasteiger partial charge in [-0.1, -0.05) is 25.4 Å². The van der Waals surface area contributed by atoms with Crippen molar-refractivity contribution in [3.05, 3.63) is 22.7 Å². The lowest BCUT2D eigenvalue weighted by Gasteiger charge is -2.06. The molecule has 3 nitrogen and oxygen atoms in total. The van der Waals surface area contributed by atoms with Gasteiger partial charge in [-0.25, -0.2) is 0 Å². The molecule has 0 radical (unpaired) electrons. The Morgan fingerprint density at radius 2 is 2.06 bits per heavy atom. The van der Waals surface area contributed by atoms with E-state index >= 15 is 0 Å². The molecule has 86 valence electrons. The fraction of sp³-hybridized carbons (Fsp3) is 0.500. The van der Waals surface area contributed by atoms with Crippen LogP contribution in [0.1, 0.15) is 25.3 Å². The zero-order valence-corrected chi connectivity index (χ0v) is 10.0. The van der Waals surface area contributed by atoms with Gasteiger partial charge in [0.1, 0.15) is 0 Å². The first-order chi connectivity index (χ1) is 7.51. The fourth-order valence-electron chi connectivity index (χ4n) is 2.48. The van der Waals surface area contributed by atoms with Crippen molar-refractivity contribution in [3.8, 4) is 11.5 Å². The summed E-state index contributed by atoms with van der Waals surface area (Å²) < 4.78 is 10.6. The summed E-state index contributed by atoms with van der Waals surface area (Å²) in [6, 6.07) is 4.13. The average Bonchev–Trinajstić information content (AvgIpc) is 2.64. The Morgan fingerprint density at radius 3 is 2.69 bits per heavy atom. The first kappa shape index (κ1) is 10.2. The Labute approximate surface area is 99.5 Å². The molecule has 0 saturated heterocycles. The quantitative estimate of drug-likeness (QED) is 0.819. The van der Waals surface area contributed by atoms with Crippen LogP contribution in [0.2, 0.25) is 5.02 Å². The van der Waals surface area contributed by atoms with Crippen molar-refractivity contribution in [3.63, 3.8) is 0 Å². The van der Waals surface area contributed by atoms with Gasteiger partial charge in [-0.3, -0.25) is 0 Å². The van der Waals surface area contributed by atoms with E-state index in [1.54, 1.807) is 0 Å². The lowest BCUT2D eigenvalue weighted by molar-refractivity contribution is 0.174. The van der Waals surface area contributed by atoms with Crippen LogP contribution in [0.15, 0.2) is 12.1 Å². The van der Waals surface area contributed by atoms with E-state index in [0.29, 0.717) is 16.7 Å². The Morgan fingerprint density at radius 1 is 1.38 bits per heavy atom. The summed E-state index contributed by atoms with van der Waals surface area (Å²) in [6.07, 6.45) is 0. The predicted molar refractivity (Wildman–Crippen MR) is 62.1 cm³/mol. The van der Waals surface area contributed by atoms with Gasteiger partial charge < -0.3 is 15.2 Å². The molecule has 0 aromatic heterocycles. The molecule has 1 saturated carbocycles. The lowest BCUT2D eigenvalue weighted by Crippen LogP contribution is -2.06. The highest BCUT2D eigenvalue weighted by atomic mass is 35.5. The van der Waals surface area contributed by atoms with Crippen LogP contribution in [0.4, 0.5) is 0 Å². The predicted octanol–water partition coefficient (Wildman–Crippen LogP) is 2.52. The minimum atomic E-state index is 0.150. The van der Waals surface area contributed by atoms with Crippen molar-refractivity contribution in [1.82, 2.24) is 0 Å². The number of halogens is 1. The standard InChI is InChI=1S/C12H14ClNO2/c1-12(2)9(11(12)14)6-3-7(13)10-8(4-6)15-5-16-10/h3-4,9,11H,5,14H2,1-2H3. The third-order valence-electron chi connectivity index (χ3n) is 3.72. The summed E-state index contributed by atoms with van der Waals surface area (Å²) >= 11 is 6.14. The second kappa shape index (κ2) is 3.05. The SMILES string of the molecule is CC1(C)C(N)C1c1cc(Cl)c2c(c1)OCO2. The van der Waals surface area contributed by atoms with Crippen LogP contribution in [0.5, 0.6) is 11.5 Å². The molecule has 0 bridgehead atoms. The smallest absolute Gasteiger partial charge is 0.231 e. The zero-order valence-electron chi connectivity index (χ0n) is 9.29. The van der Waals surface area contributed by atoms with Gasteiger partial charge in [0.15, 0.2) is 11.5 Å². The summed E-state index contributed by atoms with van der Waals surface area (Å²) in [4.78, 5) is 0. The summed E-state index contributed by atoms with van der Waals surface area (Å²) in [5.41, 5.74) is 7.35. The van der Waals surface area contributed by atoms with E-state index in [1.807, 2.05) is 12.1 Å². The molecule has 2 N–H and O–H groups in total. The first-order valence-electron chi connectivity index (χ1n) is 5.36. The minimum absolute atomic E-state index is 0.150. The third kappa shape index (κ3) is 1.25. The lowest BCUT2D eigenvalue weighted by atomic mass is 10.0. The number of hydrogen-bond acceptors (Lipinski definition) is 3. The number of hydrogen-bond donors (Lipinski definition) is 1. The van der Waals surface area contributed by atoms with Crippen molar-refractivity contribution in [2.45, 2.75) is 25.8 Å². The second-order valence-corrected chi connectivity index (χ2v) is 5.47. The van der Waals surface area contributed by atoms with Crippen LogP contribution in [0, 0.1) is 5.41 Å². The summed E-state index contributed by atoms with van der Waals surface area (Å²) in [5, 5.41) is 0.611. The molecule has 16 heavy (non-hydrogen) atoms. The highest BCUT2D eigenvalue weighted by molar-refractivity contribution is 6.32. The van der Waals surface area contributed by atoms with Crippen molar-refractivity contribution in [1.29, 1.82) is 0 Å². The van der Waals surface area contributed by atoms with Crippen LogP contribution < -0.4 is 15.2 Å². The van der Waals surface area contributed by atoms with Crippen LogP contribution in [0.3, 0.4) is 0 Å². The maximum absolute atomic E-state index is 6.14. The molecule has 2 aliphatic rings. The molecule has 4 heteroatoms. The molecule has 1 heterocycles. The van der Waals surface area contributed by atoms with Gasteiger partial charge in [-0.15, -0.1) is 0 Å². The number of ether oxygens (including phenoxy) is 2. The summed E-state index contributed by atoms with van der Waals surface area (Å²) in [7, 11) is 0. The monoisotopic (exact) mass is 239 g/mol. The number of fused-ring (bicyclic) bond motifs is 1. The van der Waals surface area contributed by atoms with Gasteiger partial charge in [0, 0.05) is 12.0 Å². The molecule has 1 aromatic rings. The Hall–Kier alpha value is -0.930. The molecule has 0 spiro atoms. The normalized spacial score (nSPS) is 29.2. The van der Waals surface area contributed by atoms with Crippen molar-refractivity contribution in [2.75, 3.05) is 6.79 Å². The highest BCUT2D eigenvalue weighted by Crippen LogP contribution is 2.58. The molecular formula is C12H14ClNO2. The molecule has 0 amide bonds. The van der Waals surface area contributed by atoms with E-state index in [4.69, 9.17) is 26.8 Å². The van der Waals surface area contributed by atoms with E-state index in [9.17, 15) is 0 Å². The fourth-order valence-corrected chi connectivity index (χ4v) is 2.76. The van der Waals surface area contributed by atoms with Gasteiger partial charge >= 0.3 is 0 Å². The maximum Gasteiger partial charge on any atom is 0.231 e. The molecule has 1 aliphatic carbocycles. The van der Waals surface area contributed by atoms with Gasteiger partial charge in [0.05, 0.1) is 5.02 Å². The van der Waals surface area contributed by atoms with E-state index in [1.165, 1.54) is 0 Å². The Bertz CT molecular complexity index is 459. The van der Waals surface area contributed by atoms with E-state index in [2.05, 4.69) is 13.8 Å². The second-order valence-electron chi connectivity index (χ2n) is 5.06. The number of rotatable bonds is 1. The van der Waals surface area contributed by atoms with Crippen molar-refractivity contribution < 1.29 is 9.47 Å². The van der Waals surface area contributed by atoms with Crippen LogP contribution in [-0.2, 0) is 0 Å². The minimum Gasteiger partial charge on any atom is -0.454 e. The molecule has 2 unspecified atom stereocenters. The van der Waals surface area contributed by atoms with Crippen molar-refractivity contribution in [2.24, 2.45) is 11.1 Å². The first-order valence-corrected chi connectivity index (χ1v) is 5.74. The zero-order chi connectivity index (χ0) is 11.5. The number of nitrogens with two attached hydrogens (primary N) is 1. The van der Waals surface area contributed by atoms with Crippen LogP contribution >= 0.6 is 11.6 Å². The molecule has 2 atom stereocenters. The molecule has 1 aliphatic heterocycles.